The summed E-state index contributed by atoms with van der Waals surface area (Å²) in [6.45, 7) is 0. The second kappa shape index (κ2) is 3.71. The Labute approximate surface area is 58.3 Å². The number of aliphatic carboxylic acids is 1. The van der Waals surface area contributed by atoms with Crippen molar-refractivity contribution in [3.05, 3.63) is 0 Å². The molecule has 0 fully saturated rings. The lowest BCUT2D eigenvalue weighted by atomic mass is 10.5. The van der Waals surface area contributed by atoms with Crippen LogP contribution >= 0.6 is 7.37 Å². The van der Waals surface area contributed by atoms with Crippen LogP contribution in [0.15, 0.2) is 0 Å². The summed E-state index contributed by atoms with van der Waals surface area (Å²) in [7, 11) is -3.26. The molecule has 0 aromatic rings. The largest absolute Gasteiger partial charge is 0.550 e. The van der Waals surface area contributed by atoms with Gasteiger partial charge in [-0.05, 0) is 6.42 Å². The fraction of sp³-hybridized carbons (Fsp3) is 0.750. The van der Waals surface area contributed by atoms with Crippen LogP contribution in [0.25, 0.3) is 0 Å². The molecule has 60 valence electrons. The zero-order valence-electron chi connectivity index (χ0n) is 5.45. The summed E-state index contributed by atoms with van der Waals surface area (Å²) in [6, 6.07) is 0. The Morgan fingerprint density at radius 3 is 2.50 bits per heavy atom. The Morgan fingerprint density at radius 1 is 1.70 bits per heavy atom. The molecule has 0 rings (SSSR count). The normalized spacial score (nSPS) is 16.2. The maximum Gasteiger partial charge on any atom is 0.253 e. The van der Waals surface area contributed by atoms with Crippen molar-refractivity contribution < 1.29 is 25.1 Å². The summed E-state index contributed by atoms with van der Waals surface area (Å²) < 4.78 is 10.7. The van der Waals surface area contributed by atoms with E-state index in [2.05, 4.69) is 5.73 Å². The highest BCUT2D eigenvalue weighted by atomic mass is 31.2. The van der Waals surface area contributed by atoms with Crippen LogP contribution < -0.4 is 10.8 Å². The number of carbonyl (C=O) groups excluding carboxylic acids is 1. The van der Waals surface area contributed by atoms with Crippen molar-refractivity contribution in [1.82, 2.24) is 0 Å². The number of carboxylic acid groups (broad SMARTS) is 1. The lowest BCUT2D eigenvalue weighted by Crippen LogP contribution is -2.50. The molecule has 1 unspecified atom stereocenters. The van der Waals surface area contributed by atoms with Gasteiger partial charge in [0.2, 0.25) is 0 Å². The van der Waals surface area contributed by atoms with Crippen LogP contribution in [-0.4, -0.2) is 23.3 Å². The third-order valence-electron chi connectivity index (χ3n) is 1.01. The Morgan fingerprint density at radius 2 is 2.20 bits per heavy atom. The van der Waals surface area contributed by atoms with Crippen molar-refractivity contribution in [1.29, 1.82) is 0 Å². The molecule has 0 saturated carbocycles. The van der Waals surface area contributed by atoms with Crippen molar-refractivity contribution in [2.75, 3.05) is 12.4 Å². The summed E-state index contributed by atoms with van der Waals surface area (Å²) in [5.74, 6) is -1.30. The topological polar surface area (TPSA) is 105 Å². The summed E-state index contributed by atoms with van der Waals surface area (Å²) in [6.07, 6.45) is -0.734. The molecule has 0 aromatic carbocycles. The van der Waals surface area contributed by atoms with E-state index in [1.807, 2.05) is 0 Å². The number of carbonyl (C=O) groups is 1. The number of hydrogen-bond acceptors (Lipinski definition) is 3. The molecule has 4 N–H and O–H groups in total. The van der Waals surface area contributed by atoms with Gasteiger partial charge in [0.05, 0.1) is 0 Å². The van der Waals surface area contributed by atoms with Crippen molar-refractivity contribution in [2.45, 2.75) is 6.42 Å². The van der Waals surface area contributed by atoms with Gasteiger partial charge in [-0.25, -0.2) is 0 Å². The van der Waals surface area contributed by atoms with Crippen LogP contribution in [0.5, 0.6) is 0 Å². The van der Waals surface area contributed by atoms with E-state index >= 15 is 0 Å². The fourth-order valence-corrected chi connectivity index (χ4v) is 1.13. The quantitative estimate of drug-likeness (QED) is 0.455. The molecule has 6 heteroatoms. The van der Waals surface area contributed by atoms with Crippen LogP contribution in [0.3, 0.4) is 0 Å². The zero-order valence-corrected chi connectivity index (χ0v) is 6.34. The highest BCUT2D eigenvalue weighted by Gasteiger charge is 2.16. The minimum Gasteiger partial charge on any atom is -0.550 e. The monoisotopic (exact) mass is 167 g/mol. The molecule has 0 aliphatic heterocycles. The van der Waals surface area contributed by atoms with E-state index in [0.29, 0.717) is 0 Å². The molecule has 0 saturated heterocycles. The molecule has 10 heavy (non-hydrogen) atoms. The van der Waals surface area contributed by atoms with Crippen LogP contribution in [-0.2, 0) is 9.36 Å². The van der Waals surface area contributed by atoms with Crippen LogP contribution in [0.1, 0.15) is 6.42 Å². The van der Waals surface area contributed by atoms with Gasteiger partial charge in [0.25, 0.3) is 7.37 Å². The second-order valence-corrected chi connectivity index (χ2v) is 4.50. The minimum atomic E-state index is -3.26. The first-order chi connectivity index (χ1) is 4.48. The van der Waals surface area contributed by atoms with Gasteiger partial charge in [0, 0.05) is 12.1 Å². The van der Waals surface area contributed by atoms with Gasteiger partial charge in [-0.15, -0.1) is 0 Å². The standard InChI is InChI=1S/C4H10NO4P/c5-3-10(8,9)2-1-4(6)7/h1-3,5H2,(H,6,7)(H,8,9). The highest BCUT2D eigenvalue weighted by molar-refractivity contribution is 7.57. The van der Waals surface area contributed by atoms with E-state index in [1.165, 1.54) is 0 Å². The minimum absolute atomic E-state index is 0.125. The summed E-state index contributed by atoms with van der Waals surface area (Å²) >= 11 is 0. The van der Waals surface area contributed by atoms with Gasteiger partial charge >= 0.3 is 0 Å². The Balaban J connectivity index is 3.68. The van der Waals surface area contributed by atoms with Crippen LogP contribution in [0, 0.1) is 0 Å². The van der Waals surface area contributed by atoms with Gasteiger partial charge in [0.15, 0.2) is 6.29 Å². The maximum atomic E-state index is 10.7. The molecule has 0 spiro atoms. The van der Waals surface area contributed by atoms with E-state index in [0.717, 1.165) is 0 Å². The second-order valence-electron chi connectivity index (χ2n) is 1.92. The Bertz CT molecular complexity index is 169. The number of quaternary nitrogens is 1. The molecule has 0 bridgehead atoms. The number of rotatable bonds is 4. The van der Waals surface area contributed by atoms with Crippen molar-refractivity contribution in [3.8, 4) is 0 Å². The predicted molar refractivity (Wildman–Crippen MR) is 32.1 cm³/mol. The molecule has 0 aliphatic rings. The SMILES string of the molecule is [NH3+]CP(=O)(O)CCC(=O)[O-]. The van der Waals surface area contributed by atoms with Gasteiger partial charge in [-0.2, -0.15) is 0 Å². The van der Waals surface area contributed by atoms with Gasteiger partial charge in [0.1, 0.15) is 0 Å². The van der Waals surface area contributed by atoms with E-state index < -0.39 is 13.3 Å². The summed E-state index contributed by atoms with van der Waals surface area (Å²) in [4.78, 5) is 18.6. The van der Waals surface area contributed by atoms with Crippen molar-refractivity contribution in [3.63, 3.8) is 0 Å². The van der Waals surface area contributed by atoms with Crippen molar-refractivity contribution in [2.24, 2.45) is 0 Å². The predicted octanol–water partition coefficient (Wildman–Crippen LogP) is -2.40. The van der Waals surface area contributed by atoms with E-state index in [4.69, 9.17) is 4.89 Å². The van der Waals surface area contributed by atoms with E-state index in [9.17, 15) is 14.5 Å². The first-order valence-electron chi connectivity index (χ1n) is 2.78. The average molecular weight is 167 g/mol. The van der Waals surface area contributed by atoms with Crippen molar-refractivity contribution >= 4 is 13.3 Å². The highest BCUT2D eigenvalue weighted by Crippen LogP contribution is 2.37. The molecule has 0 heterocycles. The first-order valence-corrected chi connectivity index (χ1v) is 4.81. The fourth-order valence-electron chi connectivity index (χ4n) is 0.378. The third-order valence-corrected chi connectivity index (χ3v) is 2.64. The molecule has 1 atom stereocenters. The van der Waals surface area contributed by atoms with E-state index in [1.54, 1.807) is 0 Å². The summed E-state index contributed by atoms with van der Waals surface area (Å²) in [5, 5.41) is 9.80. The third kappa shape index (κ3) is 4.49. The average Bonchev–Trinajstić information content (AvgIpc) is 1.85. The molecule has 0 aliphatic carbocycles. The lowest BCUT2D eigenvalue weighted by Gasteiger charge is -2.05. The Kier molecular flexibility index (Phi) is 3.57. The Hall–Kier alpha value is -0.380. The molecule has 0 aromatic heterocycles. The smallest absolute Gasteiger partial charge is 0.253 e. The molecule has 0 amide bonds. The van der Waals surface area contributed by atoms with Gasteiger partial charge in [-0.3, -0.25) is 4.57 Å². The van der Waals surface area contributed by atoms with Gasteiger partial charge in [-0.1, -0.05) is 0 Å². The maximum absolute atomic E-state index is 10.7. The van der Waals surface area contributed by atoms with Crippen LogP contribution in [0.4, 0.5) is 0 Å². The molecule has 5 nitrogen and oxygen atoms in total. The number of carboxylic acids is 1. The summed E-state index contributed by atoms with van der Waals surface area (Å²) in [5.41, 5.74) is 3.21. The molecular formula is C4H10NO4P. The molecule has 0 radical (unpaired) electrons. The molecular weight excluding hydrogens is 157 g/mol. The zero-order chi connectivity index (χ0) is 8.20. The number of hydrogen-bond donors (Lipinski definition) is 2. The van der Waals surface area contributed by atoms with Gasteiger partial charge < -0.3 is 20.5 Å². The first kappa shape index (κ1) is 9.62. The lowest BCUT2D eigenvalue weighted by molar-refractivity contribution is -0.343. The van der Waals surface area contributed by atoms with Crippen LogP contribution in [0.2, 0.25) is 0 Å². The van der Waals surface area contributed by atoms with E-state index in [-0.39, 0.29) is 18.9 Å².